The molecule has 46 heavy (non-hydrogen) atoms. The standard InChI is InChI=1S/C40H26N6/c1-4-13-27(14-5-1)38-42-39(28-15-6-2-7-16-28)44-40(43-38)29-17-12-20-31(25-29)45-34-22-11-10-21-32(34)37-33-26-41-46(30-18-8-3-9-19-30)35(33)23-24-36(37)45/h1-26H. The summed E-state index contributed by atoms with van der Waals surface area (Å²) in [5.41, 5.74) is 8.19. The van der Waals surface area contributed by atoms with Gasteiger partial charge in [0.25, 0.3) is 0 Å². The molecular weight excluding hydrogens is 564 g/mol. The van der Waals surface area contributed by atoms with Gasteiger partial charge in [0.05, 0.1) is 28.4 Å². The molecule has 216 valence electrons. The summed E-state index contributed by atoms with van der Waals surface area (Å²) in [6.45, 7) is 0. The molecule has 9 rings (SSSR count). The summed E-state index contributed by atoms with van der Waals surface area (Å²) in [5.74, 6) is 1.91. The van der Waals surface area contributed by atoms with Crippen LogP contribution in [0, 0.1) is 0 Å². The van der Waals surface area contributed by atoms with Crippen molar-refractivity contribution in [2.45, 2.75) is 0 Å². The van der Waals surface area contributed by atoms with E-state index in [0.29, 0.717) is 17.5 Å². The smallest absolute Gasteiger partial charge is 0.164 e. The summed E-state index contributed by atoms with van der Waals surface area (Å²) in [5, 5.41) is 8.28. The van der Waals surface area contributed by atoms with Crippen molar-refractivity contribution >= 4 is 32.7 Å². The predicted octanol–water partition coefficient (Wildman–Crippen LogP) is 9.31. The molecule has 0 unspecified atom stereocenters. The Balaban J connectivity index is 1.24. The van der Waals surface area contributed by atoms with Gasteiger partial charge in [-0.3, -0.25) is 0 Å². The molecule has 0 fully saturated rings. The van der Waals surface area contributed by atoms with Crippen LogP contribution >= 0.6 is 0 Å². The first-order valence-electron chi connectivity index (χ1n) is 15.2. The first-order chi connectivity index (χ1) is 22.8. The van der Waals surface area contributed by atoms with Gasteiger partial charge in [0.1, 0.15) is 0 Å². The zero-order chi connectivity index (χ0) is 30.5. The van der Waals surface area contributed by atoms with E-state index < -0.39 is 0 Å². The van der Waals surface area contributed by atoms with Gasteiger partial charge in [-0.1, -0.05) is 109 Å². The lowest BCUT2D eigenvalue weighted by molar-refractivity contribution is 0.911. The zero-order valence-electron chi connectivity index (χ0n) is 24.7. The molecule has 0 saturated heterocycles. The molecule has 0 spiro atoms. The van der Waals surface area contributed by atoms with Gasteiger partial charge >= 0.3 is 0 Å². The Hall–Kier alpha value is -6.40. The van der Waals surface area contributed by atoms with Crippen LogP contribution in [0.4, 0.5) is 0 Å². The van der Waals surface area contributed by atoms with E-state index in [1.807, 2.05) is 89.7 Å². The van der Waals surface area contributed by atoms with Gasteiger partial charge in [0.2, 0.25) is 0 Å². The normalized spacial score (nSPS) is 11.5. The summed E-state index contributed by atoms with van der Waals surface area (Å²) < 4.78 is 4.34. The molecular formula is C40H26N6. The van der Waals surface area contributed by atoms with Gasteiger partial charge in [0.15, 0.2) is 17.5 Å². The summed E-state index contributed by atoms with van der Waals surface area (Å²) in [6.07, 6.45) is 1.99. The average molecular weight is 591 g/mol. The lowest BCUT2D eigenvalue weighted by Gasteiger charge is -2.11. The highest BCUT2D eigenvalue weighted by Gasteiger charge is 2.18. The highest BCUT2D eigenvalue weighted by atomic mass is 15.3. The van der Waals surface area contributed by atoms with Gasteiger partial charge in [-0.25, -0.2) is 19.6 Å². The monoisotopic (exact) mass is 590 g/mol. The molecule has 0 saturated carbocycles. The van der Waals surface area contributed by atoms with E-state index in [1.54, 1.807) is 0 Å². The van der Waals surface area contributed by atoms with Gasteiger partial charge < -0.3 is 4.57 Å². The molecule has 0 aliphatic rings. The summed E-state index contributed by atoms with van der Waals surface area (Å²) in [7, 11) is 0. The molecule has 6 heteroatoms. The molecule has 0 radical (unpaired) electrons. The van der Waals surface area contributed by atoms with E-state index in [1.165, 1.54) is 10.8 Å². The van der Waals surface area contributed by atoms with Crippen molar-refractivity contribution in [2.75, 3.05) is 0 Å². The number of nitrogens with zero attached hydrogens (tertiary/aromatic N) is 6. The molecule has 0 aliphatic carbocycles. The molecule has 0 N–H and O–H groups in total. The molecule has 0 amide bonds. The second-order valence-electron chi connectivity index (χ2n) is 11.2. The second-order valence-corrected chi connectivity index (χ2v) is 11.2. The van der Waals surface area contributed by atoms with E-state index in [9.17, 15) is 0 Å². The highest BCUT2D eigenvalue weighted by Crippen LogP contribution is 2.38. The van der Waals surface area contributed by atoms with Gasteiger partial charge in [-0.2, -0.15) is 5.10 Å². The van der Waals surface area contributed by atoms with Crippen LogP contribution in [0.3, 0.4) is 0 Å². The Bertz CT molecular complexity index is 2460. The second kappa shape index (κ2) is 10.6. The van der Waals surface area contributed by atoms with Crippen molar-refractivity contribution in [3.05, 3.63) is 158 Å². The minimum Gasteiger partial charge on any atom is -0.309 e. The number of benzene rings is 6. The van der Waals surface area contributed by atoms with Gasteiger partial charge in [-0.05, 0) is 42.5 Å². The summed E-state index contributed by atoms with van der Waals surface area (Å²) in [4.78, 5) is 14.8. The third-order valence-corrected chi connectivity index (χ3v) is 8.45. The molecule has 6 aromatic carbocycles. The fourth-order valence-electron chi connectivity index (χ4n) is 6.34. The molecule has 6 nitrogen and oxygen atoms in total. The number of aromatic nitrogens is 6. The first kappa shape index (κ1) is 26.0. The van der Waals surface area contributed by atoms with Crippen LogP contribution in [-0.2, 0) is 0 Å². The van der Waals surface area contributed by atoms with Crippen molar-refractivity contribution < 1.29 is 0 Å². The van der Waals surface area contributed by atoms with Crippen molar-refractivity contribution in [2.24, 2.45) is 0 Å². The van der Waals surface area contributed by atoms with Crippen LogP contribution in [0.25, 0.3) is 78.2 Å². The van der Waals surface area contributed by atoms with Crippen LogP contribution in [0.2, 0.25) is 0 Å². The highest BCUT2D eigenvalue weighted by molar-refractivity contribution is 6.20. The van der Waals surface area contributed by atoms with Crippen LogP contribution in [0.15, 0.2) is 158 Å². The van der Waals surface area contributed by atoms with Gasteiger partial charge in [0, 0.05) is 38.5 Å². The minimum absolute atomic E-state index is 0.627. The van der Waals surface area contributed by atoms with Crippen molar-refractivity contribution in [1.82, 2.24) is 29.3 Å². The molecule has 3 aromatic heterocycles. The maximum atomic E-state index is 4.98. The van der Waals surface area contributed by atoms with Gasteiger partial charge in [-0.15, -0.1) is 0 Å². The number of hydrogen-bond donors (Lipinski definition) is 0. The fraction of sp³-hybridized carbons (Fsp3) is 0. The molecule has 3 heterocycles. The third-order valence-electron chi connectivity index (χ3n) is 8.45. The lowest BCUT2D eigenvalue weighted by Crippen LogP contribution is -2.01. The maximum Gasteiger partial charge on any atom is 0.164 e. The first-order valence-corrected chi connectivity index (χ1v) is 15.2. The van der Waals surface area contributed by atoms with Crippen molar-refractivity contribution in [3.8, 4) is 45.5 Å². The number of rotatable bonds is 5. The summed E-state index contributed by atoms with van der Waals surface area (Å²) >= 11 is 0. The minimum atomic E-state index is 0.627. The lowest BCUT2D eigenvalue weighted by atomic mass is 10.1. The summed E-state index contributed by atoms with van der Waals surface area (Å²) in [6, 6.07) is 51.8. The van der Waals surface area contributed by atoms with E-state index in [2.05, 4.69) is 77.4 Å². The number of fused-ring (bicyclic) bond motifs is 5. The van der Waals surface area contributed by atoms with E-state index in [4.69, 9.17) is 20.1 Å². The Morgan fingerprint density at radius 2 is 0.935 bits per heavy atom. The van der Waals surface area contributed by atoms with Crippen molar-refractivity contribution in [3.63, 3.8) is 0 Å². The van der Waals surface area contributed by atoms with E-state index in [-0.39, 0.29) is 0 Å². The molecule has 0 aliphatic heterocycles. The van der Waals surface area contributed by atoms with Crippen LogP contribution in [-0.4, -0.2) is 29.3 Å². The zero-order valence-corrected chi connectivity index (χ0v) is 24.7. The topological polar surface area (TPSA) is 61.4 Å². The number of para-hydroxylation sites is 2. The van der Waals surface area contributed by atoms with Crippen LogP contribution in [0.5, 0.6) is 0 Å². The van der Waals surface area contributed by atoms with E-state index >= 15 is 0 Å². The average Bonchev–Trinajstić information content (AvgIpc) is 3.72. The molecule has 0 bridgehead atoms. The Morgan fingerprint density at radius 1 is 0.391 bits per heavy atom. The quantitative estimate of drug-likeness (QED) is 0.200. The Morgan fingerprint density at radius 3 is 1.63 bits per heavy atom. The largest absolute Gasteiger partial charge is 0.309 e. The predicted molar refractivity (Wildman–Crippen MR) is 185 cm³/mol. The maximum absolute atomic E-state index is 4.98. The molecule has 9 aromatic rings. The van der Waals surface area contributed by atoms with Crippen molar-refractivity contribution in [1.29, 1.82) is 0 Å². The molecule has 0 atom stereocenters. The van der Waals surface area contributed by atoms with E-state index in [0.717, 1.165) is 50.0 Å². The van der Waals surface area contributed by atoms with Crippen LogP contribution < -0.4 is 0 Å². The third kappa shape index (κ3) is 4.27. The Labute approximate surface area is 264 Å². The fourth-order valence-corrected chi connectivity index (χ4v) is 6.34. The Kier molecular flexibility index (Phi) is 6.03. The number of hydrogen-bond acceptors (Lipinski definition) is 4. The SMILES string of the molecule is c1ccc(-c2nc(-c3ccccc3)nc(-c3cccc(-n4c5ccccc5c5c6cnn(-c7ccccc7)c6ccc54)c3)n2)cc1. The van der Waals surface area contributed by atoms with Crippen LogP contribution in [0.1, 0.15) is 0 Å².